The lowest BCUT2D eigenvalue weighted by molar-refractivity contribution is -0.118. The van der Waals surface area contributed by atoms with E-state index in [1.807, 2.05) is 89.6 Å². The second kappa shape index (κ2) is 10.9. The quantitative estimate of drug-likeness (QED) is 0.200. The number of aromatic nitrogens is 4. The molecule has 0 saturated carbocycles. The molecule has 0 spiro atoms. The van der Waals surface area contributed by atoms with Gasteiger partial charge in [0.05, 0.1) is 22.5 Å². The number of nitrogens with zero attached hydrogens (tertiary/aromatic N) is 4. The molecule has 2 heterocycles. The molecule has 6 nitrogen and oxygen atoms in total. The van der Waals surface area contributed by atoms with Gasteiger partial charge in [-0.3, -0.25) is 4.79 Å². The van der Waals surface area contributed by atoms with Gasteiger partial charge in [0.25, 0.3) is 0 Å². The molecule has 180 valence electrons. The van der Waals surface area contributed by atoms with Crippen molar-refractivity contribution < 1.29 is 4.79 Å². The van der Waals surface area contributed by atoms with Gasteiger partial charge in [-0.05, 0) is 30.2 Å². The Bertz CT molecular complexity index is 1510. The third kappa shape index (κ3) is 5.12. The lowest BCUT2D eigenvalue weighted by Gasteiger charge is -2.09. The van der Waals surface area contributed by atoms with Gasteiger partial charge in [-0.1, -0.05) is 97.0 Å². The van der Waals surface area contributed by atoms with E-state index >= 15 is 0 Å². The predicted molar refractivity (Wildman–Crippen MR) is 145 cm³/mol. The molecular formula is C28H24ClN5OS. The normalized spacial score (nSPS) is 11.1. The van der Waals surface area contributed by atoms with E-state index in [0.29, 0.717) is 17.4 Å². The molecule has 36 heavy (non-hydrogen) atoms. The number of amides is 1. The number of rotatable bonds is 8. The van der Waals surface area contributed by atoms with Crippen molar-refractivity contribution >= 4 is 40.3 Å². The molecular weight excluding hydrogens is 490 g/mol. The van der Waals surface area contributed by atoms with Crippen LogP contribution in [0, 0.1) is 0 Å². The van der Waals surface area contributed by atoms with Crippen molar-refractivity contribution in [2.24, 2.45) is 0 Å². The number of hydrogen-bond acceptors (Lipinski definition) is 5. The van der Waals surface area contributed by atoms with Gasteiger partial charge in [-0.2, -0.15) is 5.10 Å². The summed E-state index contributed by atoms with van der Waals surface area (Å²) in [6.45, 7) is 2.44. The highest BCUT2D eigenvalue weighted by Crippen LogP contribution is 2.32. The lowest BCUT2D eigenvalue weighted by atomic mass is 10.2. The number of thioether (sulfide) groups is 1. The summed E-state index contributed by atoms with van der Waals surface area (Å²) in [5.41, 5.74) is 4.33. The first-order chi connectivity index (χ1) is 17.6. The maximum absolute atomic E-state index is 12.7. The van der Waals surface area contributed by atoms with Crippen LogP contribution in [0.15, 0.2) is 90.0 Å². The van der Waals surface area contributed by atoms with E-state index in [2.05, 4.69) is 12.2 Å². The van der Waals surface area contributed by atoms with Gasteiger partial charge in [-0.25, -0.2) is 14.6 Å². The van der Waals surface area contributed by atoms with Crippen molar-refractivity contribution in [3.8, 4) is 17.1 Å². The maximum atomic E-state index is 12.7. The summed E-state index contributed by atoms with van der Waals surface area (Å²) in [6, 6.07) is 27.3. The molecule has 1 amide bonds. The van der Waals surface area contributed by atoms with Crippen LogP contribution in [0.3, 0.4) is 0 Å². The molecule has 0 saturated heterocycles. The molecule has 2 aromatic heterocycles. The van der Waals surface area contributed by atoms with Crippen LogP contribution in [-0.4, -0.2) is 31.4 Å². The van der Waals surface area contributed by atoms with Crippen LogP contribution < -0.4 is 5.32 Å². The van der Waals surface area contributed by atoms with E-state index < -0.39 is 0 Å². The fraction of sp³-hybridized carbons (Fsp3) is 0.143. The molecule has 0 bridgehead atoms. The summed E-state index contributed by atoms with van der Waals surface area (Å²) >= 11 is 7.62. The summed E-state index contributed by atoms with van der Waals surface area (Å²) in [5, 5.41) is 10.1. The molecule has 5 rings (SSSR count). The van der Waals surface area contributed by atoms with Crippen molar-refractivity contribution in [2.75, 3.05) is 5.75 Å². The molecule has 8 heteroatoms. The van der Waals surface area contributed by atoms with Gasteiger partial charge < -0.3 is 5.32 Å². The summed E-state index contributed by atoms with van der Waals surface area (Å²) in [4.78, 5) is 22.5. The largest absolute Gasteiger partial charge is 0.351 e. The molecule has 0 fully saturated rings. The number of halogens is 1. The minimum atomic E-state index is -0.0959. The Morgan fingerprint density at radius 3 is 2.36 bits per heavy atom. The lowest BCUT2D eigenvalue weighted by Crippen LogP contribution is -2.24. The van der Waals surface area contributed by atoms with Crippen molar-refractivity contribution in [2.45, 2.75) is 24.9 Å². The summed E-state index contributed by atoms with van der Waals surface area (Å²) in [5.74, 6) is 0.716. The molecule has 0 aliphatic heterocycles. The Labute approximate surface area is 218 Å². The number of nitrogens with one attached hydrogen (secondary N) is 1. The molecule has 5 aromatic rings. The first kappa shape index (κ1) is 24.0. The molecule has 0 radical (unpaired) electrons. The van der Waals surface area contributed by atoms with Crippen LogP contribution >= 0.6 is 23.4 Å². The molecule has 0 aliphatic carbocycles. The van der Waals surface area contributed by atoms with Gasteiger partial charge in [0.2, 0.25) is 5.91 Å². The SMILES string of the molecule is CCc1nn(-c2ccccc2)c2nc(-c3ccccc3)nc(SCC(=O)NCc3ccccc3Cl)c12. The number of hydrogen-bond donors (Lipinski definition) is 1. The highest BCUT2D eigenvalue weighted by atomic mass is 35.5. The average molecular weight is 514 g/mol. The fourth-order valence-corrected chi connectivity index (χ4v) is 4.97. The second-order valence-electron chi connectivity index (χ2n) is 8.12. The number of carbonyl (C=O) groups is 1. The van der Waals surface area contributed by atoms with Crippen LogP contribution in [0.2, 0.25) is 5.02 Å². The number of para-hydroxylation sites is 1. The standard InChI is InChI=1S/C28H24ClN5OS/c1-2-23-25-27(34(33-23)21-14-7-4-8-15-21)31-26(19-11-5-3-6-12-19)32-28(25)36-18-24(35)30-17-20-13-9-10-16-22(20)29/h3-16H,2,17-18H2,1H3,(H,30,35). The van der Waals surface area contributed by atoms with Gasteiger partial charge >= 0.3 is 0 Å². The first-order valence-corrected chi connectivity index (χ1v) is 13.0. The summed E-state index contributed by atoms with van der Waals surface area (Å²) < 4.78 is 1.86. The zero-order chi connectivity index (χ0) is 24.9. The van der Waals surface area contributed by atoms with Crippen LogP contribution in [-0.2, 0) is 17.8 Å². The molecule has 0 aliphatic rings. The van der Waals surface area contributed by atoms with Gasteiger partial charge in [-0.15, -0.1) is 0 Å². The van der Waals surface area contributed by atoms with E-state index in [1.165, 1.54) is 11.8 Å². The third-order valence-corrected chi connectivity index (χ3v) is 7.05. The van der Waals surface area contributed by atoms with E-state index in [-0.39, 0.29) is 11.7 Å². The van der Waals surface area contributed by atoms with Crippen molar-refractivity contribution in [3.05, 3.63) is 101 Å². The van der Waals surface area contributed by atoms with Crippen LogP contribution in [0.25, 0.3) is 28.1 Å². The minimum Gasteiger partial charge on any atom is -0.351 e. The monoisotopic (exact) mass is 513 g/mol. The first-order valence-electron chi connectivity index (χ1n) is 11.7. The molecule has 1 N–H and O–H groups in total. The van der Waals surface area contributed by atoms with E-state index in [9.17, 15) is 4.79 Å². The number of carbonyl (C=O) groups excluding carboxylic acids is 1. The number of fused-ring (bicyclic) bond motifs is 1. The Hall–Kier alpha value is -3.68. The third-order valence-electron chi connectivity index (χ3n) is 5.71. The van der Waals surface area contributed by atoms with Crippen LogP contribution in [0.4, 0.5) is 0 Å². The Morgan fingerprint density at radius 2 is 1.64 bits per heavy atom. The Kier molecular flexibility index (Phi) is 7.30. The van der Waals surface area contributed by atoms with Crippen molar-refractivity contribution in [1.82, 2.24) is 25.1 Å². The molecule has 0 atom stereocenters. The van der Waals surface area contributed by atoms with Crippen molar-refractivity contribution in [3.63, 3.8) is 0 Å². The van der Waals surface area contributed by atoms with E-state index in [0.717, 1.165) is 45.0 Å². The average Bonchev–Trinajstić information content (AvgIpc) is 3.31. The minimum absolute atomic E-state index is 0.0959. The number of aryl methyl sites for hydroxylation is 1. The van der Waals surface area contributed by atoms with Gasteiger partial charge in [0.15, 0.2) is 11.5 Å². The fourth-order valence-electron chi connectivity index (χ4n) is 3.89. The zero-order valence-electron chi connectivity index (χ0n) is 19.7. The smallest absolute Gasteiger partial charge is 0.230 e. The predicted octanol–water partition coefficient (Wildman–Crippen LogP) is 6.11. The van der Waals surface area contributed by atoms with Crippen LogP contribution in [0.1, 0.15) is 18.2 Å². The highest BCUT2D eigenvalue weighted by molar-refractivity contribution is 8.00. The van der Waals surface area contributed by atoms with E-state index in [1.54, 1.807) is 0 Å². The summed E-state index contributed by atoms with van der Waals surface area (Å²) in [6.07, 6.45) is 0.719. The zero-order valence-corrected chi connectivity index (χ0v) is 21.3. The second-order valence-corrected chi connectivity index (χ2v) is 9.49. The van der Waals surface area contributed by atoms with Crippen LogP contribution in [0.5, 0.6) is 0 Å². The Morgan fingerprint density at radius 1 is 0.944 bits per heavy atom. The van der Waals surface area contributed by atoms with E-state index in [4.69, 9.17) is 26.7 Å². The van der Waals surface area contributed by atoms with Gasteiger partial charge in [0, 0.05) is 17.1 Å². The van der Waals surface area contributed by atoms with Crippen molar-refractivity contribution in [1.29, 1.82) is 0 Å². The van der Waals surface area contributed by atoms with Gasteiger partial charge in [0.1, 0.15) is 5.03 Å². The molecule has 0 unspecified atom stereocenters. The highest BCUT2D eigenvalue weighted by Gasteiger charge is 2.20. The maximum Gasteiger partial charge on any atom is 0.230 e. The summed E-state index contributed by atoms with van der Waals surface area (Å²) in [7, 11) is 0. The Balaban J connectivity index is 1.50. The topological polar surface area (TPSA) is 72.7 Å². The molecule has 3 aromatic carbocycles. The number of benzene rings is 3.